The Bertz CT molecular complexity index is 522. The number of ether oxygens (including phenoxy) is 1. The van der Waals surface area contributed by atoms with Crippen molar-refractivity contribution in [1.29, 1.82) is 0 Å². The second kappa shape index (κ2) is 5.83. The minimum atomic E-state index is -3.50. The number of anilines is 1. The van der Waals surface area contributed by atoms with Crippen LogP contribution in [0.3, 0.4) is 0 Å². The normalized spacial score (nSPS) is 11.4. The number of esters is 1. The molecule has 0 spiro atoms. The maximum Gasteiger partial charge on any atom is 0.343 e. The Balaban J connectivity index is 2.66. The molecule has 0 saturated carbocycles. The fourth-order valence-electron chi connectivity index (χ4n) is 1.21. The molecule has 0 aliphatic rings. The van der Waals surface area contributed by atoms with Crippen LogP contribution in [0.25, 0.3) is 0 Å². The van der Waals surface area contributed by atoms with Crippen LogP contribution in [0.5, 0.6) is 0 Å². The van der Waals surface area contributed by atoms with Crippen molar-refractivity contribution < 1.29 is 22.1 Å². The number of hydrogen-bond donors (Lipinski definition) is 1. The molecule has 0 unspecified atom stereocenters. The first kappa shape index (κ1) is 14.5. The molecule has 0 amide bonds. The zero-order valence-electron chi connectivity index (χ0n) is 10.1. The van der Waals surface area contributed by atoms with Crippen molar-refractivity contribution in [3.8, 4) is 0 Å². The second-order valence-corrected chi connectivity index (χ2v) is 5.06. The van der Waals surface area contributed by atoms with Gasteiger partial charge in [0.1, 0.15) is 11.4 Å². The lowest BCUT2D eigenvalue weighted by Crippen LogP contribution is -2.14. The summed E-state index contributed by atoms with van der Waals surface area (Å²) in [6.45, 7) is 1.93. The SMILES string of the molecule is CCOC(=O)c1cnn(CCOS(C)(=O)=O)c1N. The molecule has 1 heterocycles. The highest BCUT2D eigenvalue weighted by atomic mass is 32.2. The number of nitrogens with zero attached hydrogens (tertiary/aromatic N) is 2. The van der Waals surface area contributed by atoms with Gasteiger partial charge in [-0.05, 0) is 6.92 Å². The first-order valence-corrected chi connectivity index (χ1v) is 6.99. The molecule has 18 heavy (non-hydrogen) atoms. The van der Waals surface area contributed by atoms with E-state index in [2.05, 4.69) is 9.28 Å². The van der Waals surface area contributed by atoms with E-state index in [0.717, 1.165) is 6.26 Å². The lowest BCUT2D eigenvalue weighted by Gasteiger charge is -2.05. The van der Waals surface area contributed by atoms with E-state index < -0.39 is 16.1 Å². The molecule has 8 nitrogen and oxygen atoms in total. The molecule has 2 N–H and O–H groups in total. The lowest BCUT2D eigenvalue weighted by atomic mass is 10.3. The van der Waals surface area contributed by atoms with Crippen molar-refractivity contribution >= 4 is 21.9 Å². The predicted octanol–water partition coefficient (Wildman–Crippen LogP) is -0.382. The Labute approximate surface area is 105 Å². The minimum Gasteiger partial charge on any atom is -0.462 e. The van der Waals surface area contributed by atoms with Gasteiger partial charge in [-0.15, -0.1) is 0 Å². The highest BCUT2D eigenvalue weighted by molar-refractivity contribution is 7.85. The van der Waals surface area contributed by atoms with Gasteiger partial charge in [-0.2, -0.15) is 13.5 Å². The standard InChI is InChI=1S/C9H15N3O5S/c1-3-16-9(13)7-6-11-12(8(7)10)4-5-17-18(2,14)15/h6H,3-5,10H2,1-2H3. The highest BCUT2D eigenvalue weighted by Crippen LogP contribution is 2.12. The Morgan fingerprint density at radius 2 is 2.22 bits per heavy atom. The van der Waals surface area contributed by atoms with Gasteiger partial charge in [-0.3, -0.25) is 4.18 Å². The van der Waals surface area contributed by atoms with Crippen molar-refractivity contribution in [3.63, 3.8) is 0 Å². The van der Waals surface area contributed by atoms with E-state index in [-0.39, 0.29) is 31.1 Å². The molecule has 0 bridgehead atoms. The van der Waals surface area contributed by atoms with Crippen LogP contribution in [0.15, 0.2) is 6.20 Å². The summed E-state index contributed by atoms with van der Waals surface area (Å²) in [5, 5.41) is 3.85. The minimum absolute atomic E-state index is 0.104. The van der Waals surface area contributed by atoms with Gasteiger partial charge in [-0.1, -0.05) is 0 Å². The summed E-state index contributed by atoms with van der Waals surface area (Å²) in [4.78, 5) is 11.4. The van der Waals surface area contributed by atoms with Crippen LogP contribution in [0.1, 0.15) is 17.3 Å². The molecule has 0 aromatic carbocycles. The van der Waals surface area contributed by atoms with Gasteiger partial charge >= 0.3 is 5.97 Å². The first-order valence-electron chi connectivity index (χ1n) is 5.18. The van der Waals surface area contributed by atoms with Gasteiger partial charge in [0, 0.05) is 0 Å². The van der Waals surface area contributed by atoms with Crippen LogP contribution in [0.4, 0.5) is 5.82 Å². The highest BCUT2D eigenvalue weighted by Gasteiger charge is 2.16. The summed E-state index contributed by atoms with van der Waals surface area (Å²) < 4.78 is 32.1. The molecule has 1 aromatic rings. The van der Waals surface area contributed by atoms with Gasteiger partial charge in [0.05, 0.1) is 32.2 Å². The van der Waals surface area contributed by atoms with Crippen molar-refractivity contribution in [3.05, 3.63) is 11.8 Å². The summed E-state index contributed by atoms with van der Waals surface area (Å²) in [7, 11) is -3.50. The number of hydrogen-bond acceptors (Lipinski definition) is 7. The largest absolute Gasteiger partial charge is 0.462 e. The van der Waals surface area contributed by atoms with Gasteiger partial charge in [0.2, 0.25) is 0 Å². The predicted molar refractivity (Wildman–Crippen MR) is 63.4 cm³/mol. The summed E-state index contributed by atoms with van der Waals surface area (Å²) in [5.74, 6) is -0.448. The third-order valence-electron chi connectivity index (χ3n) is 1.98. The molecule has 9 heteroatoms. The number of carbonyl (C=O) groups excluding carboxylic acids is 1. The quantitative estimate of drug-likeness (QED) is 0.556. The van der Waals surface area contributed by atoms with E-state index in [1.165, 1.54) is 10.9 Å². The molecule has 0 aliphatic carbocycles. The Kier molecular flexibility index (Phi) is 4.68. The Morgan fingerprint density at radius 3 is 2.78 bits per heavy atom. The van der Waals surface area contributed by atoms with Crippen LogP contribution >= 0.6 is 0 Å². The Morgan fingerprint density at radius 1 is 1.56 bits per heavy atom. The van der Waals surface area contributed by atoms with Crippen LogP contribution in [0.2, 0.25) is 0 Å². The summed E-state index contributed by atoms with van der Waals surface area (Å²) in [6.07, 6.45) is 2.22. The average molecular weight is 277 g/mol. The zero-order valence-corrected chi connectivity index (χ0v) is 10.9. The molecular weight excluding hydrogens is 262 g/mol. The van der Waals surface area contributed by atoms with Crippen molar-refractivity contribution in [2.45, 2.75) is 13.5 Å². The number of rotatable bonds is 6. The maximum absolute atomic E-state index is 11.4. The third kappa shape index (κ3) is 4.00. The molecule has 102 valence electrons. The van der Waals surface area contributed by atoms with E-state index in [1.807, 2.05) is 0 Å². The van der Waals surface area contributed by atoms with E-state index >= 15 is 0 Å². The van der Waals surface area contributed by atoms with Crippen molar-refractivity contribution in [2.75, 3.05) is 25.2 Å². The van der Waals surface area contributed by atoms with Crippen molar-refractivity contribution in [2.24, 2.45) is 0 Å². The fourth-order valence-corrected chi connectivity index (χ4v) is 1.59. The average Bonchev–Trinajstić information content (AvgIpc) is 2.59. The number of carbonyl (C=O) groups is 1. The van der Waals surface area contributed by atoms with Gasteiger partial charge in [0.25, 0.3) is 10.1 Å². The van der Waals surface area contributed by atoms with E-state index in [0.29, 0.717) is 0 Å². The molecule has 0 atom stereocenters. The van der Waals surface area contributed by atoms with Crippen LogP contribution in [-0.2, 0) is 25.6 Å². The smallest absolute Gasteiger partial charge is 0.343 e. The maximum atomic E-state index is 11.4. The first-order chi connectivity index (χ1) is 8.35. The van der Waals surface area contributed by atoms with Crippen LogP contribution in [0, 0.1) is 0 Å². The number of nitrogen functional groups attached to an aromatic ring is 1. The summed E-state index contributed by atoms with van der Waals surface area (Å²) in [5.41, 5.74) is 5.83. The van der Waals surface area contributed by atoms with E-state index in [1.54, 1.807) is 6.92 Å². The van der Waals surface area contributed by atoms with Crippen LogP contribution < -0.4 is 5.73 Å². The molecule has 0 saturated heterocycles. The molecule has 1 rings (SSSR count). The zero-order chi connectivity index (χ0) is 13.8. The van der Waals surface area contributed by atoms with E-state index in [4.69, 9.17) is 10.5 Å². The molecule has 1 aromatic heterocycles. The summed E-state index contributed by atoms with van der Waals surface area (Å²) >= 11 is 0. The monoisotopic (exact) mass is 277 g/mol. The Hall–Kier alpha value is -1.61. The van der Waals surface area contributed by atoms with Crippen LogP contribution in [-0.4, -0.2) is 43.6 Å². The lowest BCUT2D eigenvalue weighted by molar-refractivity contribution is 0.0527. The fraction of sp³-hybridized carbons (Fsp3) is 0.556. The van der Waals surface area contributed by atoms with E-state index in [9.17, 15) is 13.2 Å². The summed E-state index contributed by atoms with van der Waals surface area (Å²) in [6, 6.07) is 0. The van der Waals surface area contributed by atoms with Gasteiger partial charge < -0.3 is 10.5 Å². The molecule has 0 aliphatic heterocycles. The molecular formula is C9H15N3O5S. The van der Waals surface area contributed by atoms with Gasteiger partial charge in [0.15, 0.2) is 0 Å². The number of nitrogens with two attached hydrogens (primary N) is 1. The van der Waals surface area contributed by atoms with Crippen molar-refractivity contribution in [1.82, 2.24) is 9.78 Å². The van der Waals surface area contributed by atoms with Gasteiger partial charge in [-0.25, -0.2) is 9.48 Å². The second-order valence-electron chi connectivity index (χ2n) is 3.41. The molecule has 0 fully saturated rings. The third-order valence-corrected chi connectivity index (χ3v) is 2.57. The number of aromatic nitrogens is 2. The molecule has 0 radical (unpaired) electrons. The topological polar surface area (TPSA) is 114 Å².